The van der Waals surface area contributed by atoms with Crippen molar-refractivity contribution in [1.82, 2.24) is 5.32 Å². The number of allylic oxidation sites excluding steroid dienone is 1. The summed E-state index contributed by atoms with van der Waals surface area (Å²) >= 11 is 0. The minimum absolute atomic E-state index is 0.0300. The lowest BCUT2D eigenvalue weighted by Crippen LogP contribution is -2.57. The Morgan fingerprint density at radius 3 is 2.67 bits per heavy atom. The molecule has 3 saturated carbocycles. The highest BCUT2D eigenvalue weighted by Gasteiger charge is 2.68. The smallest absolute Gasteiger partial charge is 0.122 e. The van der Waals surface area contributed by atoms with Crippen LogP contribution in [0.4, 0.5) is 0 Å². The quantitative estimate of drug-likeness (QED) is 0.534. The van der Waals surface area contributed by atoms with E-state index >= 15 is 0 Å². The molecule has 6 rings (SSSR count). The SMILES string of the molecule is C[C@H]1CC[C@]2(NC1)O[C@H]1C[C@H]3[C@@H]4CC=C5C[C@@H](N)CC[C@]5(C)[C@H]4CC[C@]3(C)[C@H]1[C@@H]2C. The summed E-state index contributed by atoms with van der Waals surface area (Å²) in [6, 6.07) is 0.400. The number of fused-ring (bicyclic) bond motifs is 7. The molecule has 2 aliphatic heterocycles. The summed E-state index contributed by atoms with van der Waals surface area (Å²) < 4.78 is 7.01. The average molecular weight is 413 g/mol. The minimum Gasteiger partial charge on any atom is -0.357 e. The lowest BCUT2D eigenvalue weighted by molar-refractivity contribution is -0.115. The fourth-order valence-electron chi connectivity index (χ4n) is 9.89. The summed E-state index contributed by atoms with van der Waals surface area (Å²) in [6.45, 7) is 11.3. The molecule has 3 heteroatoms. The standard InChI is InChI=1S/C27H44N2O/c1-16-7-12-27(29-15-16)17(2)24-23(30-27)14-22-20-6-5-18-13-19(28)8-10-25(18,3)21(20)9-11-26(22,24)4/h5,16-17,19-24,29H,6-15,28H2,1-4H3/t16-,17-,19-,20+,21-,22-,23-,24-,25-,26-,27-/m0/s1. The van der Waals surface area contributed by atoms with Crippen molar-refractivity contribution >= 4 is 0 Å². The molecule has 168 valence electrons. The van der Waals surface area contributed by atoms with Gasteiger partial charge >= 0.3 is 0 Å². The zero-order chi connectivity index (χ0) is 20.9. The van der Waals surface area contributed by atoms with Crippen LogP contribution in [0.3, 0.4) is 0 Å². The van der Waals surface area contributed by atoms with Crippen LogP contribution >= 0.6 is 0 Å². The monoisotopic (exact) mass is 412 g/mol. The molecule has 2 heterocycles. The van der Waals surface area contributed by atoms with Crippen molar-refractivity contribution in [2.24, 2.45) is 52.1 Å². The predicted molar refractivity (Wildman–Crippen MR) is 122 cm³/mol. The van der Waals surface area contributed by atoms with Crippen LogP contribution in [0.15, 0.2) is 11.6 Å². The average Bonchev–Trinajstić information content (AvgIpc) is 3.16. The van der Waals surface area contributed by atoms with E-state index in [1.54, 1.807) is 5.57 Å². The first-order valence-corrected chi connectivity index (χ1v) is 13.1. The summed E-state index contributed by atoms with van der Waals surface area (Å²) in [7, 11) is 0. The van der Waals surface area contributed by atoms with E-state index in [0.29, 0.717) is 28.9 Å². The summed E-state index contributed by atoms with van der Waals surface area (Å²) in [5, 5.41) is 3.90. The zero-order valence-electron chi connectivity index (χ0n) is 19.8. The second-order valence-electron chi connectivity index (χ2n) is 12.9. The van der Waals surface area contributed by atoms with Gasteiger partial charge in [0.1, 0.15) is 5.72 Å². The molecule has 0 aromatic rings. The number of ether oxygens (including phenoxy) is 1. The van der Waals surface area contributed by atoms with E-state index in [1.165, 1.54) is 51.4 Å². The van der Waals surface area contributed by atoms with Crippen molar-refractivity contribution in [3.05, 3.63) is 11.6 Å². The van der Waals surface area contributed by atoms with Gasteiger partial charge in [-0.25, -0.2) is 0 Å². The molecular weight excluding hydrogens is 368 g/mol. The maximum atomic E-state index is 7.01. The van der Waals surface area contributed by atoms with Gasteiger partial charge in [0, 0.05) is 18.5 Å². The van der Waals surface area contributed by atoms with Gasteiger partial charge in [0.05, 0.1) is 6.10 Å². The van der Waals surface area contributed by atoms with Crippen LogP contribution in [0.25, 0.3) is 0 Å². The summed E-state index contributed by atoms with van der Waals surface area (Å²) in [5.41, 5.74) is 8.94. The molecule has 11 atom stereocenters. The number of piperidine rings is 1. The van der Waals surface area contributed by atoms with Crippen molar-refractivity contribution in [2.75, 3.05) is 6.54 Å². The van der Waals surface area contributed by atoms with Crippen molar-refractivity contribution in [1.29, 1.82) is 0 Å². The van der Waals surface area contributed by atoms with Crippen LogP contribution in [-0.2, 0) is 4.74 Å². The van der Waals surface area contributed by atoms with Crippen molar-refractivity contribution in [3.63, 3.8) is 0 Å². The first-order chi connectivity index (χ1) is 14.3. The second kappa shape index (κ2) is 6.58. The third kappa shape index (κ3) is 2.55. The molecule has 0 radical (unpaired) electrons. The van der Waals surface area contributed by atoms with Crippen molar-refractivity contribution in [3.8, 4) is 0 Å². The first-order valence-electron chi connectivity index (χ1n) is 13.1. The molecule has 6 aliphatic rings. The van der Waals surface area contributed by atoms with Crippen LogP contribution in [-0.4, -0.2) is 24.4 Å². The van der Waals surface area contributed by atoms with Gasteiger partial charge in [0.2, 0.25) is 0 Å². The molecule has 0 bridgehead atoms. The number of hydrogen-bond acceptors (Lipinski definition) is 3. The molecule has 2 saturated heterocycles. The van der Waals surface area contributed by atoms with Gasteiger partial charge in [-0.05, 0) is 98.2 Å². The largest absolute Gasteiger partial charge is 0.357 e. The molecule has 0 amide bonds. The van der Waals surface area contributed by atoms with Gasteiger partial charge in [-0.15, -0.1) is 0 Å². The normalized spacial score (nSPS) is 59.8. The summed E-state index contributed by atoms with van der Waals surface area (Å²) in [6.07, 6.45) is 14.8. The van der Waals surface area contributed by atoms with E-state index in [4.69, 9.17) is 10.5 Å². The Labute approximate surface area is 184 Å². The summed E-state index contributed by atoms with van der Waals surface area (Å²) in [5.74, 6) is 4.75. The van der Waals surface area contributed by atoms with E-state index in [-0.39, 0.29) is 5.72 Å². The minimum atomic E-state index is -0.0300. The van der Waals surface area contributed by atoms with Gasteiger partial charge in [0.25, 0.3) is 0 Å². The molecule has 0 unspecified atom stereocenters. The van der Waals surface area contributed by atoms with Gasteiger partial charge in [-0.2, -0.15) is 0 Å². The number of rotatable bonds is 0. The zero-order valence-corrected chi connectivity index (χ0v) is 19.8. The Kier molecular flexibility index (Phi) is 4.44. The van der Waals surface area contributed by atoms with E-state index in [2.05, 4.69) is 39.1 Å². The Hall–Kier alpha value is -0.380. The molecule has 30 heavy (non-hydrogen) atoms. The molecule has 3 nitrogen and oxygen atoms in total. The second-order valence-corrected chi connectivity index (χ2v) is 12.9. The number of nitrogens with two attached hydrogens (primary N) is 1. The maximum Gasteiger partial charge on any atom is 0.122 e. The molecule has 4 aliphatic carbocycles. The van der Waals surface area contributed by atoms with Crippen LogP contribution in [0.5, 0.6) is 0 Å². The molecule has 5 fully saturated rings. The Bertz CT molecular complexity index is 739. The van der Waals surface area contributed by atoms with E-state index in [0.717, 1.165) is 42.6 Å². The van der Waals surface area contributed by atoms with Crippen molar-refractivity contribution in [2.45, 2.75) is 103 Å². The summed E-state index contributed by atoms with van der Waals surface area (Å²) in [4.78, 5) is 0. The van der Waals surface area contributed by atoms with Gasteiger partial charge in [-0.3, -0.25) is 5.32 Å². The van der Waals surface area contributed by atoms with Crippen LogP contribution in [0.1, 0.15) is 85.5 Å². The predicted octanol–water partition coefficient (Wildman–Crippen LogP) is 5.25. The van der Waals surface area contributed by atoms with E-state index in [1.807, 2.05) is 0 Å². The lowest BCUT2D eigenvalue weighted by atomic mass is 9.46. The molecule has 3 N–H and O–H groups in total. The lowest BCUT2D eigenvalue weighted by Gasteiger charge is -2.58. The molecular formula is C27H44N2O. The highest BCUT2D eigenvalue weighted by atomic mass is 16.5. The highest BCUT2D eigenvalue weighted by molar-refractivity contribution is 5.26. The fourth-order valence-corrected chi connectivity index (χ4v) is 9.89. The van der Waals surface area contributed by atoms with Gasteiger partial charge in [-0.1, -0.05) is 39.3 Å². The fraction of sp³-hybridized carbons (Fsp3) is 0.926. The highest BCUT2D eigenvalue weighted by Crippen LogP contribution is 2.70. The van der Waals surface area contributed by atoms with Crippen LogP contribution < -0.4 is 11.1 Å². The van der Waals surface area contributed by atoms with Gasteiger partial charge < -0.3 is 10.5 Å². The number of hydrogen-bond donors (Lipinski definition) is 2. The van der Waals surface area contributed by atoms with Crippen LogP contribution in [0.2, 0.25) is 0 Å². The van der Waals surface area contributed by atoms with Gasteiger partial charge in [0.15, 0.2) is 0 Å². The molecule has 1 spiro atoms. The van der Waals surface area contributed by atoms with Crippen molar-refractivity contribution < 1.29 is 4.74 Å². The molecule has 0 aromatic heterocycles. The maximum absolute atomic E-state index is 7.01. The van der Waals surface area contributed by atoms with E-state index in [9.17, 15) is 0 Å². The first kappa shape index (κ1) is 20.2. The molecule has 0 aromatic carbocycles. The van der Waals surface area contributed by atoms with Crippen LogP contribution in [0, 0.1) is 46.3 Å². The number of nitrogens with one attached hydrogen (secondary N) is 1. The Balaban J connectivity index is 1.28. The van der Waals surface area contributed by atoms with E-state index < -0.39 is 0 Å². The topological polar surface area (TPSA) is 47.3 Å². The third-order valence-corrected chi connectivity index (χ3v) is 11.6. The third-order valence-electron chi connectivity index (χ3n) is 11.6. The Morgan fingerprint density at radius 1 is 1.07 bits per heavy atom. The Morgan fingerprint density at radius 2 is 1.90 bits per heavy atom.